The van der Waals surface area contributed by atoms with Crippen molar-refractivity contribution in [3.05, 3.63) is 101 Å². The molecule has 1 aliphatic heterocycles. The summed E-state index contributed by atoms with van der Waals surface area (Å²) in [6.45, 7) is 3.35. The molecule has 0 spiro atoms. The van der Waals surface area contributed by atoms with Crippen LogP contribution in [0, 0.1) is 18.6 Å². The van der Waals surface area contributed by atoms with Gasteiger partial charge in [0.2, 0.25) is 5.91 Å². The summed E-state index contributed by atoms with van der Waals surface area (Å²) in [4.78, 5) is 19.7. The smallest absolute Gasteiger partial charge is 0.240 e. The number of nitrogens with one attached hydrogen (secondary N) is 1. The minimum atomic E-state index is -0.737. The zero-order chi connectivity index (χ0) is 25.2. The van der Waals surface area contributed by atoms with Crippen LogP contribution < -0.4 is 11.1 Å². The van der Waals surface area contributed by atoms with Gasteiger partial charge < -0.3 is 20.5 Å². The number of halogens is 2. The molecule has 0 saturated heterocycles. The maximum absolute atomic E-state index is 13.6. The third kappa shape index (κ3) is 5.84. The molecule has 1 aromatic heterocycles. The van der Waals surface area contributed by atoms with Crippen molar-refractivity contribution in [2.24, 2.45) is 5.73 Å². The molecule has 192 valence electrons. The average Bonchev–Trinajstić information content (AvgIpc) is 3.24. The van der Waals surface area contributed by atoms with Crippen LogP contribution in [0.1, 0.15) is 17.0 Å². The fraction of sp³-hybridized carbons (Fsp3) is 0.214. The van der Waals surface area contributed by atoms with Crippen LogP contribution in [0.5, 0.6) is 0 Å². The topological polar surface area (TPSA) is 76.2 Å². The quantitative estimate of drug-likeness (QED) is 0.378. The van der Waals surface area contributed by atoms with E-state index in [-0.39, 0.29) is 31.0 Å². The summed E-state index contributed by atoms with van der Waals surface area (Å²) in [7, 11) is 0. The highest BCUT2D eigenvalue weighted by Crippen LogP contribution is 2.33. The average molecular weight is 522 g/mol. The zero-order valence-corrected chi connectivity index (χ0v) is 21.4. The van der Waals surface area contributed by atoms with E-state index in [2.05, 4.69) is 9.88 Å². The van der Waals surface area contributed by atoms with Gasteiger partial charge in [-0.1, -0.05) is 29.8 Å². The van der Waals surface area contributed by atoms with Crippen molar-refractivity contribution in [2.75, 3.05) is 11.9 Å². The number of hydrogen-bond donors (Lipinski definition) is 2. The first-order valence-corrected chi connectivity index (χ1v) is 11.9. The van der Waals surface area contributed by atoms with Crippen LogP contribution in [-0.2, 0) is 24.3 Å². The van der Waals surface area contributed by atoms with Crippen molar-refractivity contribution in [2.45, 2.75) is 32.5 Å². The summed E-state index contributed by atoms with van der Waals surface area (Å²) in [6.07, 6.45) is 0.325. The predicted octanol–water partition coefficient (Wildman–Crippen LogP) is 4.91. The van der Waals surface area contributed by atoms with Crippen molar-refractivity contribution in [3.8, 4) is 11.3 Å². The summed E-state index contributed by atoms with van der Waals surface area (Å²) in [5.41, 5.74) is 10.6. The summed E-state index contributed by atoms with van der Waals surface area (Å²) in [6, 6.07) is 19.5. The van der Waals surface area contributed by atoms with Crippen LogP contribution in [0.3, 0.4) is 0 Å². The Hall–Kier alpha value is -3.69. The number of nitrogens with zero attached hydrogens (tertiary/aromatic N) is 3. The Morgan fingerprint density at radius 1 is 0.973 bits per heavy atom. The van der Waals surface area contributed by atoms with E-state index in [1.54, 1.807) is 29.2 Å². The van der Waals surface area contributed by atoms with E-state index < -0.39 is 6.04 Å². The number of anilines is 2. The molecule has 37 heavy (non-hydrogen) atoms. The molecule has 5 rings (SSSR count). The number of hydrogen-bond acceptors (Lipinski definition) is 4. The highest BCUT2D eigenvalue weighted by Gasteiger charge is 2.29. The molecular formula is C28H29F2N5OS. The third-order valence-corrected chi connectivity index (χ3v) is 6.40. The molecule has 0 unspecified atom stereocenters. The first-order chi connectivity index (χ1) is 17.4. The number of carbonyl (C=O) groups excluding carboxylic acids is 1. The second-order valence-corrected chi connectivity index (χ2v) is 9.07. The number of amides is 1. The number of imidazole rings is 1. The lowest BCUT2D eigenvalue weighted by atomic mass is 10.1. The summed E-state index contributed by atoms with van der Waals surface area (Å²) < 4.78 is 28.9. The maximum Gasteiger partial charge on any atom is 0.240 e. The lowest BCUT2D eigenvalue weighted by Crippen LogP contribution is -2.47. The molecule has 1 amide bonds. The number of carbonyl (C=O) groups is 1. The van der Waals surface area contributed by atoms with Gasteiger partial charge in [0.05, 0.1) is 12.6 Å². The Balaban J connectivity index is 0.00000320. The minimum absolute atomic E-state index is 0. The highest BCUT2D eigenvalue weighted by atomic mass is 32.1. The lowest BCUT2D eigenvalue weighted by molar-refractivity contribution is -0.134. The molecule has 0 bridgehead atoms. The van der Waals surface area contributed by atoms with Gasteiger partial charge in [0.25, 0.3) is 0 Å². The monoisotopic (exact) mass is 521 g/mol. The number of fused-ring (bicyclic) bond motifs is 1. The van der Waals surface area contributed by atoms with Crippen LogP contribution in [0.2, 0.25) is 0 Å². The van der Waals surface area contributed by atoms with Crippen molar-refractivity contribution in [1.82, 2.24) is 14.5 Å². The largest absolute Gasteiger partial charge is 0.340 e. The molecule has 0 radical (unpaired) electrons. The van der Waals surface area contributed by atoms with E-state index >= 15 is 0 Å². The number of rotatable bonds is 6. The van der Waals surface area contributed by atoms with Crippen molar-refractivity contribution < 1.29 is 13.6 Å². The van der Waals surface area contributed by atoms with Gasteiger partial charge in [-0.25, -0.2) is 13.8 Å². The second-order valence-electron chi connectivity index (χ2n) is 9.07. The van der Waals surface area contributed by atoms with Crippen LogP contribution in [0.25, 0.3) is 11.3 Å². The highest BCUT2D eigenvalue weighted by molar-refractivity contribution is 7.59. The molecule has 1 aliphatic rings. The van der Waals surface area contributed by atoms with Gasteiger partial charge in [-0.3, -0.25) is 4.79 Å². The van der Waals surface area contributed by atoms with E-state index in [1.165, 1.54) is 24.3 Å². The van der Waals surface area contributed by atoms with E-state index in [0.717, 1.165) is 34.0 Å². The van der Waals surface area contributed by atoms with Gasteiger partial charge in [0.15, 0.2) is 0 Å². The molecule has 0 fully saturated rings. The van der Waals surface area contributed by atoms with Crippen molar-refractivity contribution in [3.63, 3.8) is 0 Å². The summed E-state index contributed by atoms with van der Waals surface area (Å²) in [5, 5.41) is 3.47. The fourth-order valence-electron chi connectivity index (χ4n) is 4.42. The Morgan fingerprint density at radius 2 is 1.59 bits per heavy atom. The molecule has 9 heteroatoms. The number of aromatic nitrogens is 2. The van der Waals surface area contributed by atoms with Crippen molar-refractivity contribution in [1.29, 1.82) is 0 Å². The number of nitrogens with two attached hydrogens (primary N) is 1. The molecular weight excluding hydrogens is 492 g/mol. The first-order valence-electron chi connectivity index (χ1n) is 11.9. The van der Waals surface area contributed by atoms with Crippen molar-refractivity contribution >= 4 is 30.9 Å². The molecule has 2 heterocycles. The molecule has 6 nitrogen and oxygen atoms in total. The molecule has 0 saturated carbocycles. The lowest BCUT2D eigenvalue weighted by Gasteiger charge is -2.30. The van der Waals surface area contributed by atoms with E-state index in [9.17, 15) is 13.6 Å². The number of benzene rings is 3. The standard InChI is InChI=1S/C28H27F2N5O.H2S/c1-18-2-12-23(13-3-18)32-27-26(20-6-10-22(30)11-7-20)33-25-17-34(14-15-35(25)27)28(36)24(31)16-19-4-8-21(29)9-5-19;/h2-13,24,32H,14-17,31H2,1H3;1H2/t24-;/m0./s1. The summed E-state index contributed by atoms with van der Waals surface area (Å²) >= 11 is 0. The van der Waals surface area contributed by atoms with Gasteiger partial charge in [0.1, 0.15) is 29.0 Å². The molecule has 0 aliphatic carbocycles. The molecule has 1 atom stereocenters. The van der Waals surface area contributed by atoms with E-state index in [1.807, 2.05) is 31.2 Å². The Kier molecular flexibility index (Phi) is 7.94. The molecule has 4 aromatic rings. The first kappa shape index (κ1) is 26.4. The van der Waals surface area contributed by atoms with Crippen LogP contribution in [-0.4, -0.2) is 32.9 Å². The van der Waals surface area contributed by atoms with Gasteiger partial charge >= 0.3 is 0 Å². The van der Waals surface area contributed by atoms with Gasteiger partial charge in [-0.2, -0.15) is 13.5 Å². The Bertz CT molecular complexity index is 1370. The van der Waals surface area contributed by atoms with Crippen LogP contribution in [0.15, 0.2) is 72.8 Å². The third-order valence-electron chi connectivity index (χ3n) is 6.40. The summed E-state index contributed by atoms with van der Waals surface area (Å²) in [5.74, 6) is 0.696. The second kappa shape index (κ2) is 11.1. The normalized spacial score (nSPS) is 13.5. The van der Waals surface area contributed by atoms with Gasteiger partial charge in [0, 0.05) is 24.3 Å². The fourth-order valence-corrected chi connectivity index (χ4v) is 4.42. The van der Waals surface area contributed by atoms with Crippen LogP contribution in [0.4, 0.5) is 20.3 Å². The van der Waals surface area contributed by atoms with E-state index in [0.29, 0.717) is 31.7 Å². The van der Waals surface area contributed by atoms with E-state index in [4.69, 9.17) is 10.7 Å². The minimum Gasteiger partial charge on any atom is -0.340 e. The van der Waals surface area contributed by atoms with Crippen LogP contribution >= 0.6 is 13.5 Å². The zero-order valence-electron chi connectivity index (χ0n) is 20.4. The van der Waals surface area contributed by atoms with Gasteiger partial charge in [-0.15, -0.1) is 0 Å². The maximum atomic E-state index is 13.6. The SMILES string of the molecule is Cc1ccc(Nc2c(-c3ccc(F)cc3)nc3n2CCN(C(=O)[C@@H](N)Cc2ccc(F)cc2)C3)cc1.S. The molecule has 3 N–H and O–H groups in total. The Morgan fingerprint density at radius 3 is 2.24 bits per heavy atom. The van der Waals surface area contributed by atoms with Gasteiger partial charge in [-0.05, 0) is 67.4 Å². The molecule has 3 aromatic carbocycles. The predicted molar refractivity (Wildman–Crippen MR) is 146 cm³/mol. The number of aryl methyl sites for hydroxylation is 1. The Labute approximate surface area is 221 Å².